The maximum atomic E-state index is 11.7. The second kappa shape index (κ2) is 6.10. The number of benzene rings is 1. The molecule has 0 saturated heterocycles. The van der Waals surface area contributed by atoms with Gasteiger partial charge in [-0.1, -0.05) is 29.5 Å². The van der Waals surface area contributed by atoms with Crippen molar-refractivity contribution in [2.45, 2.75) is 20.8 Å². The largest absolute Gasteiger partial charge is 0.483 e. The Labute approximate surface area is 117 Å². The number of amides is 1. The molecule has 1 aliphatic heterocycles. The number of aliphatic imine (C=N–C) groups is 1. The number of carbonyl (C=O) groups is 1. The van der Waals surface area contributed by atoms with Gasteiger partial charge in [-0.05, 0) is 31.9 Å². The van der Waals surface area contributed by atoms with Crippen LogP contribution in [0.25, 0.3) is 0 Å². The molecule has 19 heavy (non-hydrogen) atoms. The molecule has 0 fully saturated rings. The van der Waals surface area contributed by atoms with Gasteiger partial charge in [-0.2, -0.15) is 0 Å². The van der Waals surface area contributed by atoms with Gasteiger partial charge in [0, 0.05) is 5.75 Å². The van der Waals surface area contributed by atoms with Crippen LogP contribution < -0.4 is 10.1 Å². The van der Waals surface area contributed by atoms with E-state index in [1.165, 1.54) is 5.56 Å². The van der Waals surface area contributed by atoms with Crippen molar-refractivity contribution < 1.29 is 9.53 Å². The molecule has 0 spiro atoms. The van der Waals surface area contributed by atoms with E-state index in [-0.39, 0.29) is 12.5 Å². The third-order valence-corrected chi connectivity index (χ3v) is 3.68. The summed E-state index contributed by atoms with van der Waals surface area (Å²) in [6, 6.07) is 4.11. The van der Waals surface area contributed by atoms with Crippen LogP contribution in [-0.4, -0.2) is 30.0 Å². The molecular weight excluding hydrogens is 260 g/mol. The molecule has 5 heteroatoms. The maximum absolute atomic E-state index is 11.7. The van der Waals surface area contributed by atoms with Gasteiger partial charge in [0.05, 0.1) is 6.54 Å². The van der Waals surface area contributed by atoms with Gasteiger partial charge < -0.3 is 10.1 Å². The van der Waals surface area contributed by atoms with Gasteiger partial charge in [-0.25, -0.2) is 0 Å². The summed E-state index contributed by atoms with van der Waals surface area (Å²) in [5, 5.41) is 3.45. The van der Waals surface area contributed by atoms with Crippen LogP contribution in [0.1, 0.15) is 16.7 Å². The number of hydrogen-bond acceptors (Lipinski definition) is 4. The molecule has 1 aromatic rings. The lowest BCUT2D eigenvalue weighted by molar-refractivity contribution is -0.121. The first-order valence-corrected chi connectivity index (χ1v) is 7.22. The van der Waals surface area contributed by atoms with E-state index in [0.29, 0.717) is 5.17 Å². The molecule has 1 amide bonds. The smallest absolute Gasteiger partial charge is 0.263 e. The lowest BCUT2D eigenvalue weighted by Crippen LogP contribution is -2.32. The van der Waals surface area contributed by atoms with Crippen LogP contribution in [0.4, 0.5) is 0 Å². The highest BCUT2D eigenvalue weighted by Crippen LogP contribution is 2.24. The number of amidine groups is 1. The summed E-state index contributed by atoms with van der Waals surface area (Å²) in [7, 11) is 0. The van der Waals surface area contributed by atoms with E-state index in [4.69, 9.17) is 4.74 Å². The summed E-state index contributed by atoms with van der Waals surface area (Å²) in [4.78, 5) is 15.9. The van der Waals surface area contributed by atoms with Crippen molar-refractivity contribution in [2.24, 2.45) is 4.99 Å². The molecule has 0 saturated carbocycles. The molecule has 102 valence electrons. The molecular formula is C14H18N2O2S. The van der Waals surface area contributed by atoms with Crippen molar-refractivity contribution in [2.75, 3.05) is 18.9 Å². The van der Waals surface area contributed by atoms with E-state index in [1.807, 2.05) is 20.8 Å². The van der Waals surface area contributed by atoms with Crippen molar-refractivity contribution in [3.05, 3.63) is 28.8 Å². The number of nitrogens with one attached hydrogen (secondary N) is 1. The lowest BCUT2D eigenvalue weighted by Gasteiger charge is -2.12. The molecule has 0 aliphatic carbocycles. The topological polar surface area (TPSA) is 50.7 Å². The van der Waals surface area contributed by atoms with Crippen LogP contribution in [0.5, 0.6) is 5.75 Å². The number of carbonyl (C=O) groups excluding carboxylic acids is 1. The van der Waals surface area contributed by atoms with Crippen LogP contribution >= 0.6 is 11.8 Å². The van der Waals surface area contributed by atoms with E-state index in [0.717, 1.165) is 29.2 Å². The first kappa shape index (κ1) is 13.9. The lowest BCUT2D eigenvalue weighted by atomic mass is 10.1. The fourth-order valence-corrected chi connectivity index (χ4v) is 2.84. The molecule has 4 nitrogen and oxygen atoms in total. The van der Waals surface area contributed by atoms with Crippen LogP contribution in [0, 0.1) is 20.8 Å². The van der Waals surface area contributed by atoms with Gasteiger partial charge in [-0.3, -0.25) is 9.79 Å². The summed E-state index contributed by atoms with van der Waals surface area (Å²) in [6.07, 6.45) is 0. The molecule has 2 rings (SSSR count). The Bertz CT molecular complexity index is 503. The summed E-state index contributed by atoms with van der Waals surface area (Å²) in [5.74, 6) is 1.57. The van der Waals surface area contributed by atoms with E-state index >= 15 is 0 Å². The Balaban J connectivity index is 1.93. The highest BCUT2D eigenvalue weighted by molar-refractivity contribution is 8.14. The number of nitrogens with zero attached hydrogens (tertiary/aromatic N) is 1. The average Bonchev–Trinajstić information content (AvgIpc) is 2.80. The predicted octanol–water partition coefficient (Wildman–Crippen LogP) is 2.21. The molecule has 0 bridgehead atoms. The highest BCUT2D eigenvalue weighted by Gasteiger charge is 2.12. The van der Waals surface area contributed by atoms with Crippen molar-refractivity contribution in [1.29, 1.82) is 0 Å². The fourth-order valence-electron chi connectivity index (χ4n) is 2.10. The molecule has 1 N–H and O–H groups in total. The summed E-state index contributed by atoms with van der Waals surface area (Å²) < 4.78 is 5.62. The molecule has 0 unspecified atom stereocenters. The number of aryl methyl sites for hydroxylation is 3. The zero-order valence-electron chi connectivity index (χ0n) is 11.4. The standard InChI is InChI=1S/C14H18N2O2S/c1-9-6-10(2)13(11(3)7-9)18-8-12(17)16-14-15-4-5-19-14/h6-7H,4-5,8H2,1-3H3,(H,15,16,17). The van der Waals surface area contributed by atoms with Gasteiger partial charge >= 0.3 is 0 Å². The van der Waals surface area contributed by atoms with Gasteiger partial charge in [0.15, 0.2) is 11.8 Å². The first-order valence-electron chi connectivity index (χ1n) is 6.24. The van der Waals surface area contributed by atoms with E-state index < -0.39 is 0 Å². The summed E-state index contributed by atoms with van der Waals surface area (Å²) >= 11 is 1.56. The van der Waals surface area contributed by atoms with Crippen LogP contribution in [0.2, 0.25) is 0 Å². The van der Waals surface area contributed by atoms with E-state index in [1.54, 1.807) is 11.8 Å². The van der Waals surface area contributed by atoms with Crippen LogP contribution in [0.15, 0.2) is 17.1 Å². The third-order valence-electron chi connectivity index (χ3n) is 2.78. The SMILES string of the molecule is Cc1cc(C)c(OCC(=O)NC2=NCCS2)c(C)c1. The van der Waals surface area contributed by atoms with Crippen molar-refractivity contribution in [3.63, 3.8) is 0 Å². The zero-order chi connectivity index (χ0) is 13.8. The molecule has 1 aromatic carbocycles. The minimum Gasteiger partial charge on any atom is -0.483 e. The Morgan fingerprint density at radius 2 is 2.05 bits per heavy atom. The summed E-state index contributed by atoms with van der Waals surface area (Å²) in [6.45, 7) is 6.82. The Morgan fingerprint density at radius 3 is 2.63 bits per heavy atom. The van der Waals surface area contributed by atoms with Crippen LogP contribution in [-0.2, 0) is 4.79 Å². The minimum absolute atomic E-state index is 0.0182. The molecule has 0 atom stereocenters. The van der Waals surface area contributed by atoms with Crippen molar-refractivity contribution >= 4 is 22.8 Å². The monoisotopic (exact) mass is 278 g/mol. The van der Waals surface area contributed by atoms with Gasteiger partial charge in [0.25, 0.3) is 5.91 Å². The number of hydrogen-bond donors (Lipinski definition) is 1. The number of ether oxygens (including phenoxy) is 1. The molecule has 0 aromatic heterocycles. The van der Waals surface area contributed by atoms with Crippen LogP contribution in [0.3, 0.4) is 0 Å². The van der Waals surface area contributed by atoms with Crippen molar-refractivity contribution in [3.8, 4) is 5.75 Å². The maximum Gasteiger partial charge on any atom is 0.263 e. The second-order valence-corrected chi connectivity index (χ2v) is 5.68. The quantitative estimate of drug-likeness (QED) is 0.922. The van der Waals surface area contributed by atoms with Crippen molar-refractivity contribution in [1.82, 2.24) is 5.32 Å². The van der Waals surface area contributed by atoms with E-state index in [9.17, 15) is 4.79 Å². The Morgan fingerprint density at radius 1 is 1.37 bits per heavy atom. The summed E-state index contributed by atoms with van der Waals surface area (Å²) in [5.41, 5.74) is 3.30. The Kier molecular flexibility index (Phi) is 4.47. The third kappa shape index (κ3) is 3.73. The van der Waals surface area contributed by atoms with Gasteiger partial charge in [-0.15, -0.1) is 0 Å². The second-order valence-electron chi connectivity index (χ2n) is 4.60. The first-order chi connectivity index (χ1) is 9.06. The minimum atomic E-state index is -0.160. The molecule has 1 heterocycles. The highest BCUT2D eigenvalue weighted by atomic mass is 32.2. The van der Waals surface area contributed by atoms with Gasteiger partial charge in [0.2, 0.25) is 0 Å². The predicted molar refractivity (Wildman–Crippen MR) is 79.1 cm³/mol. The normalized spacial score (nSPS) is 14.2. The van der Waals surface area contributed by atoms with E-state index in [2.05, 4.69) is 22.4 Å². The Hall–Kier alpha value is -1.49. The van der Waals surface area contributed by atoms with Gasteiger partial charge in [0.1, 0.15) is 5.75 Å². The zero-order valence-corrected chi connectivity index (χ0v) is 12.3. The number of thioether (sulfide) groups is 1. The molecule has 0 radical (unpaired) electrons. The molecule has 1 aliphatic rings. The fraction of sp³-hybridized carbons (Fsp3) is 0.429. The average molecular weight is 278 g/mol. The number of rotatable bonds is 3.